The number of carbonyl (C=O) groups is 1. The number of ether oxygens (including phenoxy) is 1. The van der Waals surface area contributed by atoms with Crippen molar-refractivity contribution in [3.63, 3.8) is 0 Å². The van der Waals surface area contributed by atoms with Crippen LogP contribution in [0.4, 0.5) is 9.52 Å². The first-order chi connectivity index (χ1) is 14.6. The highest BCUT2D eigenvalue weighted by molar-refractivity contribution is 7.80. The van der Waals surface area contributed by atoms with Gasteiger partial charge >= 0.3 is 0 Å². The molecule has 150 valence electrons. The van der Waals surface area contributed by atoms with Crippen LogP contribution in [-0.2, 0) is 6.61 Å². The van der Waals surface area contributed by atoms with Crippen LogP contribution >= 0.6 is 23.6 Å². The first-order valence-electron chi connectivity index (χ1n) is 9.02. The van der Waals surface area contributed by atoms with Crippen LogP contribution in [0.1, 0.15) is 15.9 Å². The van der Waals surface area contributed by atoms with E-state index in [2.05, 4.69) is 15.6 Å². The Bertz CT molecular complexity index is 1190. The summed E-state index contributed by atoms with van der Waals surface area (Å²) in [4.78, 5) is 16.7. The highest BCUT2D eigenvalue weighted by atomic mass is 32.1. The number of halogens is 1. The lowest BCUT2D eigenvalue weighted by Crippen LogP contribution is -2.34. The highest BCUT2D eigenvalue weighted by Gasteiger charge is 2.11. The molecule has 1 aromatic heterocycles. The average Bonchev–Trinajstić information content (AvgIpc) is 3.14. The topological polar surface area (TPSA) is 63.2 Å². The molecular weight excluding hydrogens is 421 g/mol. The summed E-state index contributed by atoms with van der Waals surface area (Å²) in [5.41, 5.74) is 2.16. The molecule has 0 aliphatic rings. The van der Waals surface area contributed by atoms with E-state index >= 15 is 0 Å². The largest absolute Gasteiger partial charge is 0.489 e. The van der Waals surface area contributed by atoms with Crippen LogP contribution in [0.2, 0.25) is 0 Å². The van der Waals surface area contributed by atoms with Gasteiger partial charge in [-0.25, -0.2) is 9.37 Å². The van der Waals surface area contributed by atoms with Gasteiger partial charge in [-0.05, 0) is 60.2 Å². The van der Waals surface area contributed by atoms with E-state index in [1.807, 2.05) is 30.3 Å². The van der Waals surface area contributed by atoms with Gasteiger partial charge in [-0.3, -0.25) is 10.1 Å². The Hall–Kier alpha value is -3.36. The van der Waals surface area contributed by atoms with Crippen LogP contribution in [0.5, 0.6) is 5.75 Å². The van der Waals surface area contributed by atoms with Gasteiger partial charge in [0.25, 0.3) is 5.91 Å². The summed E-state index contributed by atoms with van der Waals surface area (Å²) in [6, 6.07) is 21.0. The fourth-order valence-electron chi connectivity index (χ4n) is 2.70. The summed E-state index contributed by atoms with van der Waals surface area (Å²) in [7, 11) is 0. The van der Waals surface area contributed by atoms with E-state index in [0.29, 0.717) is 33.3 Å². The van der Waals surface area contributed by atoms with E-state index in [1.54, 1.807) is 30.3 Å². The van der Waals surface area contributed by atoms with Crippen molar-refractivity contribution in [2.45, 2.75) is 6.61 Å². The fourth-order valence-corrected chi connectivity index (χ4v) is 3.85. The van der Waals surface area contributed by atoms with E-state index in [0.717, 1.165) is 5.56 Å². The SMILES string of the molecule is O=C(NC(=S)Nc1nc2ccc(F)cc2s1)c1ccc(OCc2ccccc2)cc1. The molecule has 2 N–H and O–H groups in total. The molecule has 0 saturated heterocycles. The van der Waals surface area contributed by atoms with Gasteiger partial charge in [-0.1, -0.05) is 41.7 Å². The monoisotopic (exact) mass is 437 g/mol. The van der Waals surface area contributed by atoms with Gasteiger partial charge in [0.05, 0.1) is 10.2 Å². The van der Waals surface area contributed by atoms with Crippen LogP contribution in [0.3, 0.4) is 0 Å². The lowest BCUT2D eigenvalue weighted by molar-refractivity contribution is 0.0977. The number of nitrogens with one attached hydrogen (secondary N) is 2. The van der Waals surface area contributed by atoms with Crippen LogP contribution < -0.4 is 15.4 Å². The summed E-state index contributed by atoms with van der Waals surface area (Å²) >= 11 is 6.44. The number of carbonyl (C=O) groups excluding carboxylic acids is 1. The number of fused-ring (bicyclic) bond motifs is 1. The van der Waals surface area contributed by atoms with Gasteiger partial charge in [-0.2, -0.15) is 0 Å². The third-order valence-electron chi connectivity index (χ3n) is 4.16. The summed E-state index contributed by atoms with van der Waals surface area (Å²) in [5, 5.41) is 6.06. The van der Waals surface area contributed by atoms with Crippen molar-refractivity contribution in [3.8, 4) is 5.75 Å². The highest BCUT2D eigenvalue weighted by Crippen LogP contribution is 2.26. The predicted octanol–water partition coefficient (Wildman–Crippen LogP) is 5.14. The van der Waals surface area contributed by atoms with Crippen molar-refractivity contribution >= 4 is 49.9 Å². The van der Waals surface area contributed by atoms with Crippen molar-refractivity contribution in [2.24, 2.45) is 0 Å². The summed E-state index contributed by atoms with van der Waals surface area (Å²) in [6.45, 7) is 0.451. The van der Waals surface area contributed by atoms with E-state index in [1.165, 1.54) is 23.5 Å². The van der Waals surface area contributed by atoms with Crippen LogP contribution in [0.15, 0.2) is 72.8 Å². The van der Waals surface area contributed by atoms with Crippen LogP contribution in [-0.4, -0.2) is 16.0 Å². The van der Waals surface area contributed by atoms with Crippen molar-refractivity contribution in [3.05, 3.63) is 89.7 Å². The second-order valence-corrected chi connectivity index (χ2v) is 7.78. The van der Waals surface area contributed by atoms with Crippen molar-refractivity contribution in [1.82, 2.24) is 10.3 Å². The number of anilines is 1. The van der Waals surface area contributed by atoms with Crippen molar-refractivity contribution in [1.29, 1.82) is 0 Å². The molecule has 0 fully saturated rings. The molecule has 1 amide bonds. The number of benzene rings is 3. The Morgan fingerprint density at radius 1 is 1.07 bits per heavy atom. The Balaban J connectivity index is 1.32. The molecule has 5 nitrogen and oxygen atoms in total. The van der Waals surface area contributed by atoms with E-state index in [9.17, 15) is 9.18 Å². The second kappa shape index (κ2) is 8.98. The maximum atomic E-state index is 13.3. The molecule has 0 atom stereocenters. The van der Waals surface area contributed by atoms with Gasteiger partial charge in [0, 0.05) is 5.56 Å². The van der Waals surface area contributed by atoms with Gasteiger partial charge in [0.2, 0.25) is 0 Å². The number of aromatic nitrogens is 1. The van der Waals surface area contributed by atoms with Crippen molar-refractivity contribution < 1.29 is 13.9 Å². The molecule has 0 unspecified atom stereocenters. The van der Waals surface area contributed by atoms with Crippen LogP contribution in [0.25, 0.3) is 10.2 Å². The van der Waals surface area contributed by atoms with E-state index < -0.39 is 0 Å². The second-order valence-electron chi connectivity index (χ2n) is 6.34. The molecule has 0 saturated carbocycles. The van der Waals surface area contributed by atoms with Gasteiger partial charge < -0.3 is 10.1 Å². The number of hydrogen-bond donors (Lipinski definition) is 2. The molecular formula is C22H16FN3O2S2. The maximum Gasteiger partial charge on any atom is 0.257 e. The third kappa shape index (κ3) is 4.97. The zero-order valence-electron chi connectivity index (χ0n) is 15.6. The molecule has 3 aromatic carbocycles. The Morgan fingerprint density at radius 2 is 1.83 bits per heavy atom. The number of thiocarbonyl (C=S) groups is 1. The van der Waals surface area contributed by atoms with E-state index in [4.69, 9.17) is 17.0 Å². The van der Waals surface area contributed by atoms with Gasteiger partial charge in [0.1, 0.15) is 18.2 Å². The van der Waals surface area contributed by atoms with Crippen molar-refractivity contribution in [2.75, 3.05) is 5.32 Å². The maximum absolute atomic E-state index is 13.3. The lowest BCUT2D eigenvalue weighted by Gasteiger charge is -2.09. The molecule has 8 heteroatoms. The molecule has 1 heterocycles. The molecule has 30 heavy (non-hydrogen) atoms. The molecule has 0 aliphatic heterocycles. The smallest absolute Gasteiger partial charge is 0.257 e. The Morgan fingerprint density at radius 3 is 2.60 bits per heavy atom. The normalized spacial score (nSPS) is 10.6. The van der Waals surface area contributed by atoms with E-state index in [-0.39, 0.29) is 16.8 Å². The minimum Gasteiger partial charge on any atom is -0.489 e. The Kier molecular flexibility index (Phi) is 5.97. The molecule has 0 aliphatic carbocycles. The average molecular weight is 438 g/mol. The lowest BCUT2D eigenvalue weighted by atomic mass is 10.2. The number of thiazole rings is 1. The zero-order valence-corrected chi connectivity index (χ0v) is 17.2. The minimum atomic E-state index is -0.353. The first kappa shape index (κ1) is 19.9. The third-order valence-corrected chi connectivity index (χ3v) is 5.30. The van der Waals surface area contributed by atoms with Gasteiger partial charge in [-0.15, -0.1) is 0 Å². The quantitative estimate of drug-likeness (QED) is 0.423. The Labute approximate surface area is 181 Å². The van der Waals surface area contributed by atoms with Gasteiger partial charge in [0.15, 0.2) is 10.2 Å². The number of nitrogens with zero attached hydrogens (tertiary/aromatic N) is 1. The minimum absolute atomic E-state index is 0.115. The first-order valence-corrected chi connectivity index (χ1v) is 10.2. The molecule has 0 spiro atoms. The summed E-state index contributed by atoms with van der Waals surface area (Å²) in [6.07, 6.45) is 0. The molecule has 4 rings (SSSR count). The zero-order chi connectivity index (χ0) is 20.9. The fraction of sp³-hybridized carbons (Fsp3) is 0.0455. The number of amides is 1. The molecule has 0 radical (unpaired) electrons. The standard InChI is InChI=1S/C22H16FN3O2S2/c23-16-8-11-18-19(12-16)30-22(24-18)26-21(29)25-20(27)15-6-9-17(10-7-15)28-13-14-4-2-1-3-5-14/h1-12H,13H2,(H2,24,25,26,27,29). The molecule has 0 bridgehead atoms. The molecule has 4 aromatic rings. The number of hydrogen-bond acceptors (Lipinski definition) is 5. The summed E-state index contributed by atoms with van der Waals surface area (Å²) in [5.74, 6) is -0.0168. The predicted molar refractivity (Wildman–Crippen MR) is 120 cm³/mol. The number of rotatable bonds is 5. The summed E-state index contributed by atoms with van der Waals surface area (Å²) < 4.78 is 19.7. The van der Waals surface area contributed by atoms with Crippen LogP contribution in [0, 0.1) is 5.82 Å².